The first-order valence-corrected chi connectivity index (χ1v) is 10.1. The zero-order chi connectivity index (χ0) is 17.2. The summed E-state index contributed by atoms with van der Waals surface area (Å²) in [5, 5.41) is 0. The maximum Gasteiger partial charge on any atom is 0.738 e. The number of rotatable bonds is 1. The average molecular weight is 584 g/mol. The molecule has 0 bridgehead atoms. The molecule has 24 heavy (non-hydrogen) atoms. The third kappa shape index (κ3) is 2.24. The lowest BCUT2D eigenvalue weighted by Gasteiger charge is -2.32. The van der Waals surface area contributed by atoms with E-state index in [0.29, 0.717) is 29.6 Å². The summed E-state index contributed by atoms with van der Waals surface area (Å²) in [5.41, 5.74) is 2.56. The Labute approximate surface area is 170 Å². The van der Waals surface area contributed by atoms with Gasteiger partial charge in [-0.15, -0.1) is 0 Å². The van der Waals surface area contributed by atoms with Gasteiger partial charge in [-0.2, -0.15) is 0 Å². The van der Waals surface area contributed by atoms with Crippen molar-refractivity contribution < 1.29 is 13.1 Å². The Kier molecular flexibility index (Phi) is 4.06. The lowest BCUT2D eigenvalue weighted by atomic mass is 9.86. The second-order valence-corrected chi connectivity index (χ2v) is 8.62. The van der Waals surface area contributed by atoms with Crippen LogP contribution in [-0.4, -0.2) is 20.6 Å². The molecule has 2 nitrogen and oxygen atoms in total. The molecule has 1 aromatic heterocycles. The standard InChI is InChI=1S/C15H7BBr4F2N2/c17-9-6-11-13(8-4-2-1-3-5-8)12-7-10(18)15(20)24(12)16(21,22)23(11)14(9)19/h1-7H. The molecule has 0 saturated heterocycles. The highest BCUT2D eigenvalue weighted by molar-refractivity contribution is 9.20. The molecule has 0 atom stereocenters. The molecule has 1 aromatic carbocycles. The maximum absolute atomic E-state index is 15.3. The van der Waals surface area contributed by atoms with Crippen molar-refractivity contribution in [1.82, 2.24) is 4.48 Å². The molecule has 0 radical (unpaired) electrons. The van der Waals surface area contributed by atoms with Crippen LogP contribution in [0, 0.1) is 0 Å². The average Bonchev–Trinajstić information content (AvgIpc) is 2.99. The predicted molar refractivity (Wildman–Crippen MR) is 107 cm³/mol. The minimum atomic E-state index is -4.04. The molecule has 2 aliphatic heterocycles. The molecular weight excluding hydrogens is 577 g/mol. The molecule has 0 amide bonds. The molecular formula is C15H7BBr4F2N2. The fraction of sp³-hybridized carbons (Fsp3) is 0. The van der Waals surface area contributed by atoms with Gasteiger partial charge < -0.3 is 17.6 Å². The number of halogens is 6. The van der Waals surface area contributed by atoms with Gasteiger partial charge in [-0.1, -0.05) is 30.3 Å². The molecule has 0 N–H and O–H groups in total. The van der Waals surface area contributed by atoms with Gasteiger partial charge in [0.15, 0.2) is 5.70 Å². The second-order valence-electron chi connectivity index (χ2n) is 5.41. The molecule has 0 fully saturated rings. The monoisotopic (exact) mass is 580 g/mol. The van der Waals surface area contributed by atoms with Crippen molar-refractivity contribution in [2.45, 2.75) is 0 Å². The smallest absolute Gasteiger partial charge is 0.389 e. The van der Waals surface area contributed by atoms with Gasteiger partial charge in [-0.05, 0) is 59.4 Å². The zero-order valence-electron chi connectivity index (χ0n) is 11.8. The summed E-state index contributed by atoms with van der Waals surface area (Å²) >= 11 is 13.3. The van der Waals surface area contributed by atoms with E-state index < -0.39 is 6.97 Å². The summed E-state index contributed by atoms with van der Waals surface area (Å²) in [4.78, 5) is 0. The summed E-state index contributed by atoms with van der Waals surface area (Å²) < 4.78 is 34.5. The van der Waals surface area contributed by atoms with Crippen molar-refractivity contribution in [2.24, 2.45) is 0 Å². The fourth-order valence-corrected chi connectivity index (χ4v) is 5.00. The van der Waals surface area contributed by atoms with E-state index in [9.17, 15) is 0 Å². The summed E-state index contributed by atoms with van der Waals surface area (Å²) in [6.07, 6.45) is 1.72. The van der Waals surface area contributed by atoms with Gasteiger partial charge in [0.25, 0.3) is 0 Å². The van der Waals surface area contributed by atoms with Gasteiger partial charge in [-0.25, -0.2) is 0 Å². The number of hydrogen-bond acceptors (Lipinski definition) is 0. The Morgan fingerprint density at radius 3 is 2.33 bits per heavy atom. The molecule has 0 spiro atoms. The van der Waals surface area contributed by atoms with Crippen LogP contribution in [0.4, 0.5) is 8.63 Å². The number of aromatic nitrogens is 1. The summed E-state index contributed by atoms with van der Waals surface area (Å²) in [5.74, 6) is 0. The molecule has 4 rings (SSSR count). The minimum absolute atomic E-state index is 0.318. The molecule has 0 aliphatic carbocycles. The van der Waals surface area contributed by atoms with Crippen LogP contribution in [-0.2, 0) is 0 Å². The Morgan fingerprint density at radius 2 is 1.67 bits per heavy atom. The largest absolute Gasteiger partial charge is 0.738 e. The van der Waals surface area contributed by atoms with Gasteiger partial charge in [0.1, 0.15) is 0 Å². The Morgan fingerprint density at radius 1 is 1.00 bits per heavy atom. The molecule has 9 heteroatoms. The quantitative estimate of drug-likeness (QED) is 0.358. The van der Waals surface area contributed by atoms with E-state index >= 15 is 8.63 Å². The van der Waals surface area contributed by atoms with Crippen molar-refractivity contribution in [3.05, 3.63) is 73.0 Å². The zero-order valence-corrected chi connectivity index (χ0v) is 18.1. The van der Waals surface area contributed by atoms with E-state index in [1.165, 1.54) is 0 Å². The van der Waals surface area contributed by atoms with Crippen LogP contribution in [0.3, 0.4) is 0 Å². The van der Waals surface area contributed by atoms with Crippen LogP contribution in [0.15, 0.2) is 61.7 Å². The summed E-state index contributed by atoms with van der Waals surface area (Å²) in [7, 11) is 0. The van der Waals surface area contributed by atoms with Crippen LogP contribution in [0.2, 0.25) is 0 Å². The molecule has 0 unspecified atom stereocenters. The van der Waals surface area contributed by atoms with E-state index in [0.717, 1.165) is 20.1 Å². The van der Waals surface area contributed by atoms with Crippen molar-refractivity contribution in [1.29, 1.82) is 0 Å². The van der Waals surface area contributed by atoms with E-state index in [4.69, 9.17) is 0 Å². The third-order valence-corrected chi connectivity index (χ3v) is 7.95. The molecule has 2 aliphatic rings. The Hall–Kier alpha value is -0.505. The number of nitrogens with zero attached hydrogens (tertiary/aromatic N) is 2. The first kappa shape index (κ1) is 16.9. The molecule has 122 valence electrons. The van der Waals surface area contributed by atoms with E-state index in [-0.39, 0.29) is 0 Å². The van der Waals surface area contributed by atoms with Crippen LogP contribution in [0.25, 0.3) is 5.57 Å². The lowest BCUT2D eigenvalue weighted by molar-refractivity contribution is -0.358. The SMILES string of the molecule is F[B-]1(F)n2c(cc(Br)c2Br)C(c2ccccc2)=C2C=C(Br)C(Br)=[N+]21. The molecule has 2 aromatic rings. The number of hydrogen-bond donors (Lipinski definition) is 0. The Balaban J connectivity index is 2.17. The highest BCUT2D eigenvalue weighted by Crippen LogP contribution is 2.45. The first-order chi connectivity index (χ1) is 11.3. The summed E-state index contributed by atoms with van der Waals surface area (Å²) in [6.45, 7) is -4.04. The van der Waals surface area contributed by atoms with Gasteiger partial charge in [0.05, 0.1) is 14.7 Å². The van der Waals surface area contributed by atoms with Gasteiger partial charge >= 0.3 is 6.97 Å². The first-order valence-electron chi connectivity index (χ1n) is 6.92. The van der Waals surface area contributed by atoms with E-state index in [1.54, 1.807) is 12.1 Å². The topological polar surface area (TPSA) is 7.94 Å². The predicted octanol–water partition coefficient (Wildman–Crippen LogP) is 6.11. The number of fused-ring (bicyclic) bond motifs is 2. The van der Waals surface area contributed by atoms with Crippen LogP contribution in [0.1, 0.15) is 11.3 Å². The lowest BCUT2D eigenvalue weighted by Crippen LogP contribution is -2.50. The van der Waals surface area contributed by atoms with Gasteiger partial charge in [-0.3, -0.25) is 0 Å². The third-order valence-electron chi connectivity index (χ3n) is 4.06. The van der Waals surface area contributed by atoms with Crippen molar-refractivity contribution in [3.63, 3.8) is 0 Å². The normalized spacial score (nSPS) is 18.7. The highest BCUT2D eigenvalue weighted by atomic mass is 79.9. The number of allylic oxidation sites excluding steroid dienone is 2. The van der Waals surface area contributed by atoms with Crippen LogP contribution >= 0.6 is 63.7 Å². The fourth-order valence-electron chi connectivity index (χ4n) is 3.08. The van der Waals surface area contributed by atoms with Gasteiger partial charge in [0, 0.05) is 32.2 Å². The number of benzene rings is 1. The molecule has 3 heterocycles. The van der Waals surface area contributed by atoms with E-state index in [1.807, 2.05) is 30.3 Å². The maximum atomic E-state index is 15.3. The van der Waals surface area contributed by atoms with Crippen molar-refractivity contribution >= 4 is 80.9 Å². The van der Waals surface area contributed by atoms with E-state index in [2.05, 4.69) is 63.7 Å². The Bertz CT molecular complexity index is 977. The van der Waals surface area contributed by atoms with Gasteiger partial charge in [0.2, 0.25) is 4.62 Å². The second kappa shape index (κ2) is 5.76. The van der Waals surface area contributed by atoms with Crippen LogP contribution < -0.4 is 0 Å². The molecule has 0 saturated carbocycles. The van der Waals surface area contributed by atoms with Crippen molar-refractivity contribution in [2.75, 3.05) is 0 Å². The van der Waals surface area contributed by atoms with Crippen LogP contribution in [0.5, 0.6) is 0 Å². The van der Waals surface area contributed by atoms with Crippen molar-refractivity contribution in [3.8, 4) is 0 Å². The summed E-state index contributed by atoms with van der Waals surface area (Å²) in [6, 6.07) is 11.3. The minimum Gasteiger partial charge on any atom is -0.389 e. The highest BCUT2D eigenvalue weighted by Gasteiger charge is 2.55.